The fourth-order valence-electron chi connectivity index (χ4n) is 10.1. The Morgan fingerprint density at radius 1 is 0.390 bits per heavy atom. The highest BCUT2D eigenvalue weighted by atomic mass is 32.1. The van der Waals surface area contributed by atoms with Crippen LogP contribution in [0.2, 0.25) is 0 Å². The number of hydrogen-bond donors (Lipinski definition) is 0. The summed E-state index contributed by atoms with van der Waals surface area (Å²) in [7, 11) is 0. The van der Waals surface area contributed by atoms with E-state index in [1.165, 1.54) is 109 Å². The zero-order chi connectivity index (χ0) is 39.0. The Bertz CT molecular complexity index is 3410. The van der Waals surface area contributed by atoms with Crippen LogP contribution in [0.3, 0.4) is 0 Å². The van der Waals surface area contributed by atoms with Gasteiger partial charge in [0.25, 0.3) is 0 Å². The van der Waals surface area contributed by atoms with E-state index in [4.69, 9.17) is 0 Å². The van der Waals surface area contributed by atoms with Gasteiger partial charge < -0.3 is 4.57 Å². The molecule has 0 bridgehead atoms. The van der Waals surface area contributed by atoms with E-state index in [-0.39, 0.29) is 0 Å². The average Bonchev–Trinajstić information content (AvgIpc) is 3.85. The monoisotopic (exact) mass is 769 g/mol. The van der Waals surface area contributed by atoms with Gasteiger partial charge in [0.2, 0.25) is 0 Å². The molecule has 2 unspecified atom stereocenters. The van der Waals surface area contributed by atoms with E-state index in [0.717, 1.165) is 0 Å². The van der Waals surface area contributed by atoms with E-state index in [1.807, 2.05) is 11.3 Å². The van der Waals surface area contributed by atoms with E-state index in [1.54, 1.807) is 0 Å². The maximum absolute atomic E-state index is 2.49. The van der Waals surface area contributed by atoms with Gasteiger partial charge in [-0.05, 0) is 104 Å². The number of nitrogens with zero attached hydrogens (tertiary/aromatic N) is 1. The molecular weight excluding hydrogens is 731 g/mol. The minimum absolute atomic E-state index is 0.326. The van der Waals surface area contributed by atoms with Crippen LogP contribution in [0.25, 0.3) is 92.2 Å². The van der Waals surface area contributed by atoms with Gasteiger partial charge in [-0.3, -0.25) is 0 Å². The van der Waals surface area contributed by atoms with Crippen molar-refractivity contribution in [1.82, 2.24) is 4.57 Å². The second-order valence-electron chi connectivity index (χ2n) is 16.0. The van der Waals surface area contributed by atoms with Crippen molar-refractivity contribution in [3.05, 3.63) is 223 Å². The third-order valence-electron chi connectivity index (χ3n) is 12.8. The van der Waals surface area contributed by atoms with Gasteiger partial charge in [0.15, 0.2) is 0 Å². The normalized spacial score (nSPS) is 14.9. The molecule has 0 spiro atoms. The molecule has 0 saturated carbocycles. The lowest BCUT2D eigenvalue weighted by atomic mass is 9.69. The quantitative estimate of drug-likeness (QED) is 0.164. The number of fused-ring (bicyclic) bond motifs is 9. The Hall–Kier alpha value is -7.00. The van der Waals surface area contributed by atoms with Crippen LogP contribution in [-0.4, -0.2) is 4.57 Å². The van der Waals surface area contributed by atoms with Crippen molar-refractivity contribution >= 4 is 53.3 Å². The highest BCUT2D eigenvalue weighted by Gasteiger charge is 2.32. The Morgan fingerprint density at radius 3 is 1.88 bits per heavy atom. The first-order valence-electron chi connectivity index (χ1n) is 20.6. The van der Waals surface area contributed by atoms with Gasteiger partial charge in [-0.1, -0.05) is 171 Å². The summed E-state index contributed by atoms with van der Waals surface area (Å²) in [5.74, 6) is 0.686. The number of hydrogen-bond acceptors (Lipinski definition) is 1. The summed E-state index contributed by atoms with van der Waals surface area (Å²) in [6.45, 7) is 2.40. The summed E-state index contributed by atoms with van der Waals surface area (Å²) in [6, 6.07) is 76.7. The highest BCUT2D eigenvalue weighted by Crippen LogP contribution is 2.51. The van der Waals surface area contributed by atoms with E-state index < -0.39 is 0 Å². The maximum Gasteiger partial charge on any atom is 0.0541 e. The molecule has 12 rings (SSSR count). The summed E-state index contributed by atoms with van der Waals surface area (Å²) >= 11 is 1.89. The van der Waals surface area contributed by atoms with Gasteiger partial charge in [-0.2, -0.15) is 0 Å². The van der Waals surface area contributed by atoms with Crippen LogP contribution in [0.4, 0.5) is 0 Å². The Balaban J connectivity index is 1.05. The van der Waals surface area contributed by atoms with Gasteiger partial charge in [0, 0.05) is 48.1 Å². The van der Waals surface area contributed by atoms with E-state index >= 15 is 0 Å². The lowest BCUT2D eigenvalue weighted by Crippen LogP contribution is -2.16. The van der Waals surface area contributed by atoms with E-state index in [0.29, 0.717) is 11.8 Å². The van der Waals surface area contributed by atoms with Gasteiger partial charge in [-0.15, -0.1) is 11.3 Å². The van der Waals surface area contributed by atoms with Crippen LogP contribution in [-0.2, 0) is 0 Å². The molecule has 2 aromatic heterocycles. The van der Waals surface area contributed by atoms with Crippen molar-refractivity contribution in [2.24, 2.45) is 0 Å². The van der Waals surface area contributed by atoms with Crippen molar-refractivity contribution in [1.29, 1.82) is 0 Å². The zero-order valence-electron chi connectivity index (χ0n) is 32.6. The zero-order valence-corrected chi connectivity index (χ0v) is 33.5. The predicted octanol–water partition coefficient (Wildman–Crippen LogP) is 16.1. The minimum Gasteiger partial charge on any atom is -0.309 e. The molecule has 2 atom stereocenters. The molecule has 0 saturated heterocycles. The summed E-state index contributed by atoms with van der Waals surface area (Å²) in [5, 5.41) is 5.11. The predicted molar refractivity (Wildman–Crippen MR) is 252 cm³/mol. The molecule has 1 nitrogen and oxygen atoms in total. The van der Waals surface area contributed by atoms with Crippen molar-refractivity contribution < 1.29 is 0 Å². The third-order valence-corrected chi connectivity index (χ3v) is 14.0. The van der Waals surface area contributed by atoms with Crippen LogP contribution < -0.4 is 0 Å². The first-order valence-corrected chi connectivity index (χ1v) is 21.4. The Kier molecular flexibility index (Phi) is 7.83. The fourth-order valence-corrected chi connectivity index (χ4v) is 11.3. The number of thiophene rings is 1. The molecule has 0 fully saturated rings. The fraction of sp³-hybridized carbons (Fsp3) is 0.0526. The van der Waals surface area contributed by atoms with Crippen LogP contribution in [0, 0.1) is 0 Å². The van der Waals surface area contributed by atoms with Crippen molar-refractivity contribution in [3.8, 4) is 50.2 Å². The molecule has 1 aliphatic carbocycles. The highest BCUT2D eigenvalue weighted by molar-refractivity contribution is 7.26. The van der Waals surface area contributed by atoms with Gasteiger partial charge in [-0.25, -0.2) is 0 Å². The molecule has 0 aliphatic heterocycles. The van der Waals surface area contributed by atoms with Crippen molar-refractivity contribution in [2.75, 3.05) is 0 Å². The third kappa shape index (κ3) is 5.37. The summed E-state index contributed by atoms with van der Waals surface area (Å²) < 4.78 is 5.12. The maximum atomic E-state index is 2.49. The molecular formula is C57H39NS. The number of aromatic nitrogens is 1. The second kappa shape index (κ2) is 13.6. The SMILES string of the molecule is CC1c2ccc(-c3ccc4c(c3)c3ccccc3n4-c3cc(-c4ccccc4-c4ccccc4)c4sc5ccccc5c4c3)cc2-c2ccccc2C1c1ccccc1. The van der Waals surface area contributed by atoms with Crippen LogP contribution in [0.1, 0.15) is 35.4 Å². The molecule has 0 radical (unpaired) electrons. The average molecular weight is 770 g/mol. The van der Waals surface area contributed by atoms with E-state index in [2.05, 4.69) is 218 Å². The second-order valence-corrected chi connectivity index (χ2v) is 17.1. The molecule has 11 aromatic rings. The summed E-state index contributed by atoms with van der Waals surface area (Å²) in [4.78, 5) is 0. The lowest BCUT2D eigenvalue weighted by molar-refractivity contribution is 0.649. The molecule has 1 aliphatic rings. The van der Waals surface area contributed by atoms with Gasteiger partial charge in [0.1, 0.15) is 0 Å². The number of benzene rings is 9. The van der Waals surface area contributed by atoms with Crippen LogP contribution in [0.15, 0.2) is 206 Å². The van der Waals surface area contributed by atoms with Crippen LogP contribution in [0.5, 0.6) is 0 Å². The largest absolute Gasteiger partial charge is 0.309 e. The first kappa shape index (κ1) is 34.1. The molecule has 9 aromatic carbocycles. The first-order chi connectivity index (χ1) is 29.2. The summed E-state index contributed by atoms with van der Waals surface area (Å²) in [5.41, 5.74) is 17.9. The van der Waals surface area contributed by atoms with Crippen molar-refractivity contribution in [3.63, 3.8) is 0 Å². The minimum atomic E-state index is 0.326. The standard InChI is InChI=1S/C57H39NS/c1-36-42-30-28-39(32-49(42)45-22-10-11-25-48(45)56(36)38-18-6-3-7-19-38)40-29-31-54-50(33-40)46-23-12-14-26-53(46)58(54)41-34-51(57-52(35-41)47-24-13-15-27-55(47)59-57)44-21-9-8-20-43(44)37-16-4-2-5-17-37/h2-36,56H,1H3. The van der Waals surface area contributed by atoms with Crippen LogP contribution >= 0.6 is 11.3 Å². The summed E-state index contributed by atoms with van der Waals surface area (Å²) in [6.07, 6.45) is 0. The van der Waals surface area contributed by atoms with E-state index in [9.17, 15) is 0 Å². The molecule has 0 N–H and O–H groups in total. The molecule has 59 heavy (non-hydrogen) atoms. The van der Waals surface area contributed by atoms with Crippen molar-refractivity contribution in [2.45, 2.75) is 18.8 Å². The Labute approximate surface area is 348 Å². The van der Waals surface area contributed by atoms with Gasteiger partial charge in [0.05, 0.1) is 11.0 Å². The topological polar surface area (TPSA) is 4.93 Å². The molecule has 2 heteroatoms. The number of para-hydroxylation sites is 1. The Morgan fingerprint density at radius 2 is 1.03 bits per heavy atom. The smallest absolute Gasteiger partial charge is 0.0541 e. The molecule has 2 heterocycles. The number of rotatable bonds is 5. The van der Waals surface area contributed by atoms with Gasteiger partial charge >= 0.3 is 0 Å². The molecule has 0 amide bonds. The lowest BCUT2D eigenvalue weighted by Gasteiger charge is -2.34. The molecule has 278 valence electrons.